The Labute approximate surface area is 115 Å². The van der Waals surface area contributed by atoms with E-state index in [1.807, 2.05) is 20.9 Å². The predicted molar refractivity (Wildman–Crippen MR) is 76.2 cm³/mol. The Morgan fingerprint density at radius 3 is 2.37 bits per heavy atom. The van der Waals surface area contributed by atoms with Crippen LogP contribution in [0.4, 0.5) is 5.69 Å². The van der Waals surface area contributed by atoms with E-state index in [0.29, 0.717) is 6.54 Å². The molecular weight excluding hydrogens is 240 g/mol. The van der Waals surface area contributed by atoms with Crippen molar-refractivity contribution in [1.82, 2.24) is 14.7 Å². The number of hydrogen-bond donors (Lipinski definition) is 1. The highest BCUT2D eigenvalue weighted by Gasteiger charge is 2.16. The van der Waals surface area contributed by atoms with E-state index in [-0.39, 0.29) is 5.91 Å². The van der Waals surface area contributed by atoms with Crippen LogP contribution >= 0.6 is 0 Å². The molecule has 1 saturated heterocycles. The third-order valence-electron chi connectivity index (χ3n) is 3.84. The van der Waals surface area contributed by atoms with Crippen LogP contribution < -0.4 is 5.32 Å². The number of likely N-dealkylation sites (tertiary alicyclic amines) is 1. The van der Waals surface area contributed by atoms with E-state index in [0.717, 1.165) is 30.2 Å². The molecule has 0 atom stereocenters. The highest BCUT2D eigenvalue weighted by molar-refractivity contribution is 5.93. The van der Waals surface area contributed by atoms with Gasteiger partial charge >= 0.3 is 0 Å². The molecule has 0 spiro atoms. The molecule has 0 saturated carbocycles. The summed E-state index contributed by atoms with van der Waals surface area (Å²) < 4.78 is 1.80. The monoisotopic (exact) mass is 264 g/mol. The highest BCUT2D eigenvalue weighted by Crippen LogP contribution is 2.18. The second kappa shape index (κ2) is 6.19. The number of aromatic nitrogens is 2. The summed E-state index contributed by atoms with van der Waals surface area (Å²) in [6, 6.07) is 0. The van der Waals surface area contributed by atoms with Crippen LogP contribution in [0.25, 0.3) is 0 Å². The first-order chi connectivity index (χ1) is 9.08. The largest absolute Gasteiger partial charge is 0.322 e. The van der Waals surface area contributed by atoms with Crippen molar-refractivity contribution < 1.29 is 4.79 Å². The van der Waals surface area contributed by atoms with Crippen molar-refractivity contribution in [1.29, 1.82) is 0 Å². The zero-order chi connectivity index (χ0) is 13.8. The minimum Gasteiger partial charge on any atom is -0.322 e. The van der Waals surface area contributed by atoms with Gasteiger partial charge in [0.2, 0.25) is 5.91 Å². The molecule has 5 heteroatoms. The summed E-state index contributed by atoms with van der Waals surface area (Å²) >= 11 is 0. The van der Waals surface area contributed by atoms with Crippen LogP contribution in [-0.2, 0) is 11.8 Å². The van der Waals surface area contributed by atoms with Gasteiger partial charge in [-0.2, -0.15) is 5.10 Å². The van der Waals surface area contributed by atoms with Crippen molar-refractivity contribution in [3.05, 3.63) is 11.4 Å². The van der Waals surface area contributed by atoms with Crippen LogP contribution in [0.15, 0.2) is 0 Å². The number of hydrogen-bond acceptors (Lipinski definition) is 3. The van der Waals surface area contributed by atoms with Gasteiger partial charge in [0.1, 0.15) is 0 Å². The summed E-state index contributed by atoms with van der Waals surface area (Å²) in [6.07, 6.45) is 4.99. The quantitative estimate of drug-likeness (QED) is 0.906. The Bertz CT molecular complexity index is 445. The van der Waals surface area contributed by atoms with E-state index in [1.165, 1.54) is 25.7 Å². The Morgan fingerprint density at radius 1 is 1.21 bits per heavy atom. The van der Waals surface area contributed by atoms with Gasteiger partial charge in [-0.25, -0.2) is 0 Å². The minimum absolute atomic E-state index is 0.0705. The summed E-state index contributed by atoms with van der Waals surface area (Å²) in [5, 5.41) is 7.32. The van der Waals surface area contributed by atoms with Gasteiger partial charge in [0.25, 0.3) is 0 Å². The summed E-state index contributed by atoms with van der Waals surface area (Å²) in [4.78, 5) is 14.4. The van der Waals surface area contributed by atoms with Crippen molar-refractivity contribution in [2.24, 2.45) is 7.05 Å². The number of carbonyl (C=O) groups is 1. The molecule has 1 amide bonds. The van der Waals surface area contributed by atoms with Crippen molar-refractivity contribution >= 4 is 11.6 Å². The number of carbonyl (C=O) groups excluding carboxylic acids is 1. The second-order valence-corrected chi connectivity index (χ2v) is 5.41. The fourth-order valence-electron chi connectivity index (χ4n) is 2.63. The molecule has 1 aromatic heterocycles. The number of anilines is 1. The fourth-order valence-corrected chi connectivity index (χ4v) is 2.63. The summed E-state index contributed by atoms with van der Waals surface area (Å²) in [7, 11) is 1.90. The van der Waals surface area contributed by atoms with Crippen molar-refractivity contribution in [3.8, 4) is 0 Å². The fraction of sp³-hybridized carbons (Fsp3) is 0.714. The van der Waals surface area contributed by atoms with E-state index < -0.39 is 0 Å². The lowest BCUT2D eigenvalue weighted by Crippen LogP contribution is -2.34. The maximum atomic E-state index is 12.1. The molecule has 19 heavy (non-hydrogen) atoms. The zero-order valence-corrected chi connectivity index (χ0v) is 12.2. The van der Waals surface area contributed by atoms with E-state index >= 15 is 0 Å². The normalized spacial score (nSPS) is 17.2. The van der Waals surface area contributed by atoms with Crippen LogP contribution in [-0.4, -0.2) is 40.2 Å². The Kier molecular flexibility index (Phi) is 4.58. The summed E-state index contributed by atoms with van der Waals surface area (Å²) in [6.45, 7) is 6.47. The average molecular weight is 264 g/mol. The number of aryl methyl sites for hydroxylation is 2. The molecule has 1 fully saturated rings. The lowest BCUT2D eigenvalue weighted by atomic mass is 10.2. The molecule has 0 unspecified atom stereocenters. The number of amides is 1. The van der Waals surface area contributed by atoms with Gasteiger partial charge in [0.05, 0.1) is 23.6 Å². The van der Waals surface area contributed by atoms with Crippen LogP contribution in [0.1, 0.15) is 37.1 Å². The summed E-state index contributed by atoms with van der Waals surface area (Å²) in [5.74, 6) is 0.0705. The van der Waals surface area contributed by atoms with Crippen LogP contribution in [0, 0.1) is 13.8 Å². The van der Waals surface area contributed by atoms with E-state index in [9.17, 15) is 4.79 Å². The Morgan fingerprint density at radius 2 is 1.84 bits per heavy atom. The first-order valence-corrected chi connectivity index (χ1v) is 7.10. The molecular formula is C14H24N4O. The molecule has 0 aromatic carbocycles. The highest BCUT2D eigenvalue weighted by atomic mass is 16.2. The molecule has 0 aliphatic carbocycles. The minimum atomic E-state index is 0.0705. The topological polar surface area (TPSA) is 50.2 Å². The molecule has 0 radical (unpaired) electrons. The van der Waals surface area contributed by atoms with Crippen molar-refractivity contribution in [2.45, 2.75) is 39.5 Å². The zero-order valence-electron chi connectivity index (χ0n) is 12.2. The number of nitrogens with zero attached hydrogens (tertiary/aromatic N) is 3. The summed E-state index contributed by atoms with van der Waals surface area (Å²) in [5.41, 5.74) is 2.74. The van der Waals surface area contributed by atoms with Crippen LogP contribution in [0.3, 0.4) is 0 Å². The molecule has 1 aliphatic rings. The van der Waals surface area contributed by atoms with Crippen LogP contribution in [0.2, 0.25) is 0 Å². The van der Waals surface area contributed by atoms with E-state index in [2.05, 4.69) is 15.3 Å². The smallest absolute Gasteiger partial charge is 0.238 e. The van der Waals surface area contributed by atoms with Crippen LogP contribution in [0.5, 0.6) is 0 Å². The third-order valence-corrected chi connectivity index (χ3v) is 3.84. The number of nitrogens with one attached hydrogen (secondary N) is 1. The third kappa shape index (κ3) is 3.56. The average Bonchev–Trinajstić information content (AvgIpc) is 2.60. The van der Waals surface area contributed by atoms with Crippen molar-refractivity contribution in [3.63, 3.8) is 0 Å². The molecule has 2 heterocycles. The molecule has 5 nitrogen and oxygen atoms in total. The molecule has 1 N–H and O–H groups in total. The molecule has 1 aliphatic heterocycles. The van der Waals surface area contributed by atoms with Gasteiger partial charge in [-0.3, -0.25) is 14.4 Å². The van der Waals surface area contributed by atoms with E-state index in [4.69, 9.17) is 0 Å². The van der Waals surface area contributed by atoms with E-state index in [1.54, 1.807) is 4.68 Å². The Hall–Kier alpha value is -1.36. The van der Waals surface area contributed by atoms with Gasteiger partial charge in [-0.15, -0.1) is 0 Å². The maximum absolute atomic E-state index is 12.1. The van der Waals surface area contributed by atoms with Gasteiger partial charge in [-0.05, 0) is 39.8 Å². The second-order valence-electron chi connectivity index (χ2n) is 5.41. The molecule has 106 valence electrons. The molecule has 1 aromatic rings. The first kappa shape index (κ1) is 14.1. The molecule has 2 rings (SSSR count). The standard InChI is InChI=1S/C14H24N4O/c1-11-14(12(2)17(3)16-11)15-13(19)10-18-8-6-4-5-7-9-18/h4-10H2,1-3H3,(H,15,19). The SMILES string of the molecule is Cc1nn(C)c(C)c1NC(=O)CN1CCCCCC1. The lowest BCUT2D eigenvalue weighted by molar-refractivity contribution is -0.117. The first-order valence-electron chi connectivity index (χ1n) is 7.10. The molecule has 0 bridgehead atoms. The van der Waals surface area contributed by atoms with Crippen molar-refractivity contribution in [2.75, 3.05) is 25.0 Å². The van der Waals surface area contributed by atoms with Gasteiger partial charge in [0.15, 0.2) is 0 Å². The lowest BCUT2D eigenvalue weighted by Gasteiger charge is -2.19. The van der Waals surface area contributed by atoms with Gasteiger partial charge < -0.3 is 5.32 Å². The van der Waals surface area contributed by atoms with Gasteiger partial charge in [0, 0.05) is 7.05 Å². The predicted octanol–water partition coefficient (Wildman–Crippen LogP) is 1.85. The number of rotatable bonds is 3. The Balaban J connectivity index is 1.93. The van der Waals surface area contributed by atoms with Gasteiger partial charge in [-0.1, -0.05) is 12.8 Å². The maximum Gasteiger partial charge on any atom is 0.238 e.